The first-order valence-electron chi connectivity index (χ1n) is 9.61. The van der Waals surface area contributed by atoms with E-state index in [0.29, 0.717) is 12.8 Å². The molecule has 0 spiro atoms. The molecular weight excluding hydrogens is 477 g/mol. The van der Waals surface area contributed by atoms with E-state index in [1.54, 1.807) is 0 Å². The molecule has 172 valence electrons. The summed E-state index contributed by atoms with van der Waals surface area (Å²) in [7, 11) is -1.54. The van der Waals surface area contributed by atoms with Gasteiger partial charge in [0.1, 0.15) is 22.7 Å². The summed E-state index contributed by atoms with van der Waals surface area (Å²) in [5.41, 5.74) is -1.09. The number of alkyl halides is 3. The number of nitrogens with zero attached hydrogens (tertiary/aromatic N) is 3. The lowest BCUT2D eigenvalue weighted by atomic mass is 10.1. The second-order valence-corrected chi connectivity index (χ2v) is 9.56. The lowest BCUT2D eigenvalue weighted by Gasteiger charge is -2.31. The standard InChI is InChI=1S/C20H17ClF5N3O2S/c1-10-6-11(20(24,25)26)7-16(27-10)28-9-32(31)8-15(28)19(30)29(12-2-3-12)14-5-4-13(22)17(21)18(14)23/h4-7,12,15H,2-3,8-9H2,1H3/t15-,32?/m0/s1. The van der Waals surface area contributed by atoms with Crippen molar-refractivity contribution in [1.82, 2.24) is 4.98 Å². The van der Waals surface area contributed by atoms with E-state index in [2.05, 4.69) is 4.98 Å². The van der Waals surface area contributed by atoms with Crippen LogP contribution in [-0.2, 0) is 21.8 Å². The van der Waals surface area contributed by atoms with Gasteiger partial charge >= 0.3 is 6.18 Å². The Kier molecular flexibility index (Phi) is 5.91. The van der Waals surface area contributed by atoms with Gasteiger partial charge in [-0.15, -0.1) is 0 Å². The summed E-state index contributed by atoms with van der Waals surface area (Å²) in [6.45, 7) is 1.38. The molecule has 1 aliphatic heterocycles. The van der Waals surface area contributed by atoms with Crippen LogP contribution >= 0.6 is 11.6 Å². The molecule has 2 heterocycles. The van der Waals surface area contributed by atoms with Crippen molar-refractivity contribution in [3.8, 4) is 0 Å². The normalized spacial score (nSPS) is 21.2. The van der Waals surface area contributed by atoms with Crippen LogP contribution < -0.4 is 9.80 Å². The van der Waals surface area contributed by atoms with Crippen molar-refractivity contribution in [2.45, 2.75) is 38.0 Å². The zero-order valence-corrected chi connectivity index (χ0v) is 18.2. The van der Waals surface area contributed by atoms with E-state index in [-0.39, 0.29) is 34.9 Å². The number of aromatic nitrogens is 1. The van der Waals surface area contributed by atoms with E-state index >= 15 is 0 Å². The molecule has 0 N–H and O–H groups in total. The molecule has 1 aliphatic carbocycles. The van der Waals surface area contributed by atoms with Gasteiger partial charge in [-0.1, -0.05) is 11.6 Å². The number of carbonyl (C=O) groups excluding carboxylic acids is 1. The van der Waals surface area contributed by atoms with Crippen molar-refractivity contribution in [2.24, 2.45) is 0 Å². The number of aryl methyl sites for hydroxylation is 1. The second kappa shape index (κ2) is 8.26. The highest BCUT2D eigenvalue weighted by Gasteiger charge is 2.44. The largest absolute Gasteiger partial charge is 0.416 e. The van der Waals surface area contributed by atoms with Crippen LogP contribution in [0.5, 0.6) is 0 Å². The number of benzene rings is 1. The Morgan fingerprint density at radius 1 is 1.25 bits per heavy atom. The van der Waals surface area contributed by atoms with Crippen molar-refractivity contribution in [3.63, 3.8) is 0 Å². The first-order chi connectivity index (χ1) is 15.0. The van der Waals surface area contributed by atoms with Crippen molar-refractivity contribution in [1.29, 1.82) is 0 Å². The van der Waals surface area contributed by atoms with Gasteiger partial charge in [0.15, 0.2) is 5.82 Å². The SMILES string of the molecule is Cc1cc(C(F)(F)F)cc(N2CS(=O)C[C@H]2C(=O)N(c2ccc(F)c(Cl)c2F)C2CC2)n1. The fourth-order valence-corrected chi connectivity index (χ4v) is 5.21. The first-order valence-corrected chi connectivity index (χ1v) is 11.5. The van der Waals surface area contributed by atoms with Gasteiger partial charge in [0.2, 0.25) is 0 Å². The van der Waals surface area contributed by atoms with Crippen molar-refractivity contribution in [2.75, 3.05) is 21.4 Å². The molecule has 0 radical (unpaired) electrons. The Hall–Kier alpha value is -2.27. The van der Waals surface area contributed by atoms with Crippen LogP contribution in [0.1, 0.15) is 24.1 Å². The third-order valence-electron chi connectivity index (χ3n) is 5.27. The molecule has 1 aromatic carbocycles. The highest BCUT2D eigenvalue weighted by atomic mass is 35.5. The summed E-state index contributed by atoms with van der Waals surface area (Å²) in [6, 6.07) is 2.20. The van der Waals surface area contributed by atoms with Crippen molar-refractivity contribution >= 4 is 39.8 Å². The molecule has 2 fully saturated rings. The molecular formula is C20H17ClF5N3O2S. The second-order valence-electron chi connectivity index (χ2n) is 7.71. The van der Waals surface area contributed by atoms with Crippen LogP contribution in [0.25, 0.3) is 0 Å². The molecule has 4 rings (SSSR count). The monoisotopic (exact) mass is 493 g/mol. The summed E-state index contributed by atoms with van der Waals surface area (Å²) in [5, 5.41) is -0.761. The number of pyridine rings is 1. The summed E-state index contributed by atoms with van der Waals surface area (Å²) in [4.78, 5) is 20.0. The third kappa shape index (κ3) is 4.32. The maximum atomic E-state index is 14.7. The van der Waals surface area contributed by atoms with Crippen LogP contribution in [0.4, 0.5) is 33.5 Å². The minimum atomic E-state index is -4.63. The fourth-order valence-electron chi connectivity index (χ4n) is 3.65. The van der Waals surface area contributed by atoms with Crippen LogP contribution in [0.2, 0.25) is 5.02 Å². The average molecular weight is 494 g/mol. The summed E-state index contributed by atoms with van der Waals surface area (Å²) in [5.74, 6) is -3.24. The maximum absolute atomic E-state index is 14.7. The lowest BCUT2D eigenvalue weighted by molar-refractivity contribution is -0.137. The third-order valence-corrected chi connectivity index (χ3v) is 6.87. The highest BCUT2D eigenvalue weighted by Crippen LogP contribution is 2.38. The van der Waals surface area contributed by atoms with Gasteiger partial charge in [-0.25, -0.2) is 13.8 Å². The summed E-state index contributed by atoms with van der Waals surface area (Å²) < 4.78 is 80.5. The molecule has 2 atom stereocenters. The number of halogens is 6. The van der Waals surface area contributed by atoms with Gasteiger partial charge in [0.05, 0.1) is 22.9 Å². The van der Waals surface area contributed by atoms with Crippen LogP contribution in [0.15, 0.2) is 24.3 Å². The Morgan fingerprint density at radius 2 is 1.94 bits per heavy atom. The Morgan fingerprint density at radius 3 is 2.56 bits per heavy atom. The molecule has 12 heteroatoms. The fraction of sp³-hybridized carbons (Fsp3) is 0.400. The van der Waals surface area contributed by atoms with E-state index in [0.717, 1.165) is 29.2 Å². The molecule has 5 nitrogen and oxygen atoms in total. The maximum Gasteiger partial charge on any atom is 0.416 e. The molecule has 1 saturated carbocycles. The number of carbonyl (C=O) groups is 1. The predicted molar refractivity (Wildman–Crippen MR) is 110 cm³/mol. The number of hydrogen-bond donors (Lipinski definition) is 0. The highest BCUT2D eigenvalue weighted by molar-refractivity contribution is 7.85. The molecule has 32 heavy (non-hydrogen) atoms. The van der Waals surface area contributed by atoms with E-state index in [4.69, 9.17) is 11.6 Å². The Labute approximate surface area is 187 Å². The Balaban J connectivity index is 1.73. The first kappa shape index (κ1) is 22.9. The zero-order chi connectivity index (χ0) is 23.4. The molecule has 1 saturated heterocycles. The van der Waals surface area contributed by atoms with E-state index in [1.165, 1.54) is 11.8 Å². The molecule has 2 aromatic rings. The van der Waals surface area contributed by atoms with Gasteiger partial charge in [0, 0.05) is 22.5 Å². The minimum absolute atomic E-state index is 0.0779. The van der Waals surface area contributed by atoms with Crippen LogP contribution in [-0.4, -0.2) is 38.8 Å². The topological polar surface area (TPSA) is 53.5 Å². The van der Waals surface area contributed by atoms with E-state index in [9.17, 15) is 31.0 Å². The van der Waals surface area contributed by atoms with E-state index in [1.807, 2.05) is 0 Å². The van der Waals surface area contributed by atoms with Gasteiger partial charge < -0.3 is 9.80 Å². The van der Waals surface area contributed by atoms with Gasteiger partial charge in [-0.05, 0) is 44.0 Å². The summed E-state index contributed by atoms with van der Waals surface area (Å²) in [6.07, 6.45) is -3.50. The molecule has 2 aliphatic rings. The van der Waals surface area contributed by atoms with Crippen molar-refractivity contribution in [3.05, 3.63) is 52.2 Å². The van der Waals surface area contributed by atoms with Crippen LogP contribution in [0.3, 0.4) is 0 Å². The van der Waals surface area contributed by atoms with Gasteiger partial charge in [-0.2, -0.15) is 13.2 Å². The van der Waals surface area contributed by atoms with E-state index < -0.39 is 51.1 Å². The quantitative estimate of drug-likeness (QED) is 0.467. The molecule has 1 aromatic heterocycles. The molecule has 1 unspecified atom stereocenters. The average Bonchev–Trinajstić information content (AvgIpc) is 3.47. The molecule has 0 bridgehead atoms. The van der Waals surface area contributed by atoms with Gasteiger partial charge in [-0.3, -0.25) is 9.00 Å². The number of rotatable bonds is 4. The Bertz CT molecular complexity index is 1110. The molecule has 1 amide bonds. The summed E-state index contributed by atoms with van der Waals surface area (Å²) >= 11 is 5.68. The smallest absolute Gasteiger partial charge is 0.332 e. The minimum Gasteiger partial charge on any atom is -0.332 e. The number of hydrogen-bond acceptors (Lipinski definition) is 4. The lowest BCUT2D eigenvalue weighted by Crippen LogP contribution is -2.49. The van der Waals surface area contributed by atoms with Crippen molar-refractivity contribution < 1.29 is 31.0 Å². The zero-order valence-electron chi connectivity index (χ0n) is 16.6. The predicted octanol–water partition coefficient (Wildman–Crippen LogP) is 4.43. The number of amides is 1. The number of anilines is 2. The van der Waals surface area contributed by atoms with Gasteiger partial charge in [0.25, 0.3) is 5.91 Å². The van der Waals surface area contributed by atoms with Crippen LogP contribution in [0, 0.1) is 18.6 Å².